The second-order valence-electron chi connectivity index (χ2n) is 5.82. The lowest BCUT2D eigenvalue weighted by molar-refractivity contribution is -0.224. The molecule has 0 N–H and O–H groups in total. The fraction of sp³-hybridized carbons (Fsp3) is 0.923. The molecule has 2 aliphatic heterocycles. The molecule has 22 heavy (non-hydrogen) atoms. The van der Waals surface area contributed by atoms with Gasteiger partial charge in [-0.2, -0.15) is 13.7 Å². The van der Waals surface area contributed by atoms with Crippen LogP contribution in [0.2, 0.25) is 0 Å². The smallest absolute Gasteiger partial charge is 0.266 e. The monoisotopic (exact) mass is 335 g/mol. The molecule has 0 aliphatic carbocycles. The Morgan fingerprint density at radius 3 is 2.55 bits per heavy atom. The maximum Gasteiger partial charge on any atom is 0.266 e. The van der Waals surface area contributed by atoms with Crippen molar-refractivity contribution in [3.63, 3.8) is 0 Å². The highest BCUT2D eigenvalue weighted by Crippen LogP contribution is 2.45. The van der Waals surface area contributed by atoms with Gasteiger partial charge in [0.05, 0.1) is 12.9 Å². The molecule has 0 saturated carbocycles. The minimum absolute atomic E-state index is 0.0110. The molecule has 0 spiro atoms. The lowest BCUT2D eigenvalue weighted by atomic mass is 9.94. The summed E-state index contributed by atoms with van der Waals surface area (Å²) in [5, 5.41) is 9.61. The Labute approximate surface area is 130 Å². The Balaban J connectivity index is 2.29. The zero-order valence-electron chi connectivity index (χ0n) is 13.1. The molecule has 0 amide bonds. The van der Waals surface area contributed by atoms with Gasteiger partial charge in [0.2, 0.25) is 5.60 Å². The lowest BCUT2D eigenvalue weighted by Gasteiger charge is -2.30. The molecule has 0 aromatic rings. The summed E-state index contributed by atoms with van der Waals surface area (Å²) < 4.78 is 50.5. The van der Waals surface area contributed by atoms with E-state index in [1.807, 2.05) is 13.0 Å². The number of nitriles is 1. The molecule has 2 rings (SSSR count). The van der Waals surface area contributed by atoms with Gasteiger partial charge >= 0.3 is 0 Å². The zero-order valence-corrected chi connectivity index (χ0v) is 13.9. The van der Waals surface area contributed by atoms with Crippen LogP contribution in [-0.2, 0) is 33.2 Å². The first-order valence-electron chi connectivity index (χ1n) is 7.04. The van der Waals surface area contributed by atoms with Gasteiger partial charge in [-0.05, 0) is 20.3 Å². The molecular formula is C13H21NO7S. The van der Waals surface area contributed by atoms with Gasteiger partial charge in [0.1, 0.15) is 12.2 Å². The standard InChI is InChI=1S/C13H21NO7S/c1-5-6-17-7-9-13(8-14,21-22(4,15)16)10-11(18-9)20-12(2,3)19-10/h9-11H,5-7H2,1-4H3/t9-,10+,11-,13-/m1/s1. The van der Waals surface area contributed by atoms with Crippen molar-refractivity contribution >= 4 is 10.1 Å². The van der Waals surface area contributed by atoms with Crippen LogP contribution in [0.1, 0.15) is 27.2 Å². The van der Waals surface area contributed by atoms with Gasteiger partial charge in [0, 0.05) is 6.61 Å². The van der Waals surface area contributed by atoms with Gasteiger partial charge in [-0.25, -0.2) is 4.18 Å². The van der Waals surface area contributed by atoms with Gasteiger partial charge in [-0.3, -0.25) is 0 Å². The molecule has 0 bridgehead atoms. The summed E-state index contributed by atoms with van der Waals surface area (Å²) in [7, 11) is -3.91. The highest BCUT2D eigenvalue weighted by molar-refractivity contribution is 7.86. The number of hydrogen-bond donors (Lipinski definition) is 0. The molecular weight excluding hydrogens is 314 g/mol. The largest absolute Gasteiger partial charge is 0.379 e. The predicted molar refractivity (Wildman–Crippen MR) is 74.1 cm³/mol. The molecule has 0 radical (unpaired) electrons. The van der Waals surface area contributed by atoms with Gasteiger partial charge in [-0.15, -0.1) is 0 Å². The molecule has 0 aromatic heterocycles. The van der Waals surface area contributed by atoms with E-state index < -0.39 is 40.0 Å². The third kappa shape index (κ3) is 3.42. The fourth-order valence-electron chi connectivity index (χ4n) is 2.57. The topological polar surface area (TPSA) is 104 Å². The first kappa shape index (κ1) is 17.6. The number of fused-ring (bicyclic) bond motifs is 1. The van der Waals surface area contributed by atoms with E-state index in [0.29, 0.717) is 6.61 Å². The van der Waals surface area contributed by atoms with Gasteiger partial charge in [0.15, 0.2) is 18.2 Å². The Hall–Kier alpha value is -0.760. The van der Waals surface area contributed by atoms with Gasteiger partial charge in [-0.1, -0.05) is 6.92 Å². The van der Waals surface area contributed by atoms with Crippen LogP contribution in [0.3, 0.4) is 0 Å². The Kier molecular flexibility index (Phi) is 4.82. The van der Waals surface area contributed by atoms with Crippen LogP contribution >= 0.6 is 0 Å². The van der Waals surface area contributed by atoms with Crippen molar-refractivity contribution in [2.45, 2.75) is 57.1 Å². The van der Waals surface area contributed by atoms with E-state index in [9.17, 15) is 13.7 Å². The third-order valence-electron chi connectivity index (χ3n) is 3.34. The van der Waals surface area contributed by atoms with Crippen molar-refractivity contribution in [2.24, 2.45) is 0 Å². The summed E-state index contributed by atoms with van der Waals surface area (Å²) in [5.74, 6) is -0.993. The van der Waals surface area contributed by atoms with Gasteiger partial charge in [0.25, 0.3) is 10.1 Å². The average Bonchev–Trinajstić information content (AvgIpc) is 2.81. The van der Waals surface area contributed by atoms with E-state index in [2.05, 4.69) is 0 Å². The Bertz CT molecular complexity index is 555. The Morgan fingerprint density at radius 1 is 1.32 bits per heavy atom. The van der Waals surface area contributed by atoms with E-state index >= 15 is 0 Å². The van der Waals surface area contributed by atoms with Crippen molar-refractivity contribution in [1.29, 1.82) is 5.26 Å². The maximum atomic E-state index is 11.6. The fourth-order valence-corrected chi connectivity index (χ4v) is 3.31. The van der Waals surface area contributed by atoms with Crippen LogP contribution in [0.5, 0.6) is 0 Å². The van der Waals surface area contributed by atoms with Gasteiger partial charge < -0.3 is 18.9 Å². The van der Waals surface area contributed by atoms with E-state index in [1.165, 1.54) is 0 Å². The molecule has 4 atom stereocenters. The van der Waals surface area contributed by atoms with Crippen molar-refractivity contribution in [3.05, 3.63) is 0 Å². The maximum absolute atomic E-state index is 11.6. The molecule has 0 unspecified atom stereocenters. The Morgan fingerprint density at radius 2 is 2.00 bits per heavy atom. The summed E-state index contributed by atoms with van der Waals surface area (Å²) in [5.41, 5.74) is -1.83. The van der Waals surface area contributed by atoms with Crippen molar-refractivity contribution in [3.8, 4) is 6.07 Å². The lowest BCUT2D eigenvalue weighted by Crippen LogP contribution is -2.52. The molecule has 2 heterocycles. The highest BCUT2D eigenvalue weighted by atomic mass is 32.2. The minimum atomic E-state index is -3.91. The van der Waals surface area contributed by atoms with E-state index in [1.54, 1.807) is 13.8 Å². The first-order chi connectivity index (χ1) is 10.1. The molecule has 2 saturated heterocycles. The van der Waals surface area contributed by atoms with Crippen LogP contribution in [0.15, 0.2) is 0 Å². The predicted octanol–water partition coefficient (Wildman–Crippen LogP) is 0.528. The van der Waals surface area contributed by atoms with Crippen LogP contribution in [-0.4, -0.2) is 57.8 Å². The number of ether oxygens (including phenoxy) is 4. The molecule has 9 heteroatoms. The van der Waals surface area contributed by atoms with E-state index in [4.69, 9.17) is 23.1 Å². The average molecular weight is 335 g/mol. The summed E-state index contributed by atoms with van der Waals surface area (Å²) in [4.78, 5) is 0. The second kappa shape index (κ2) is 6.03. The highest BCUT2D eigenvalue weighted by Gasteiger charge is 2.67. The minimum Gasteiger partial charge on any atom is -0.379 e. The van der Waals surface area contributed by atoms with Crippen LogP contribution in [0.25, 0.3) is 0 Å². The molecule has 0 aromatic carbocycles. The quantitative estimate of drug-likeness (QED) is 0.511. The summed E-state index contributed by atoms with van der Waals surface area (Å²) in [6.07, 6.45) is -1.12. The van der Waals surface area contributed by atoms with Crippen molar-refractivity contribution in [1.82, 2.24) is 0 Å². The van der Waals surface area contributed by atoms with Crippen molar-refractivity contribution in [2.75, 3.05) is 19.5 Å². The van der Waals surface area contributed by atoms with E-state index in [0.717, 1.165) is 12.7 Å². The third-order valence-corrected chi connectivity index (χ3v) is 3.92. The second-order valence-corrected chi connectivity index (χ2v) is 7.39. The number of nitrogens with zero attached hydrogens (tertiary/aromatic N) is 1. The molecule has 2 aliphatic rings. The van der Waals surface area contributed by atoms with Crippen LogP contribution < -0.4 is 0 Å². The molecule has 126 valence electrons. The molecule has 8 nitrogen and oxygen atoms in total. The van der Waals surface area contributed by atoms with Crippen LogP contribution in [0.4, 0.5) is 0 Å². The van der Waals surface area contributed by atoms with Crippen LogP contribution in [0, 0.1) is 11.3 Å². The van der Waals surface area contributed by atoms with E-state index in [-0.39, 0.29) is 6.61 Å². The SMILES string of the molecule is CCCOC[C@H]1O[C@@H]2OC(C)(C)O[C@@H]2[C@]1(C#N)OS(C)(=O)=O. The zero-order chi connectivity index (χ0) is 16.6. The molecule has 2 fully saturated rings. The summed E-state index contributed by atoms with van der Waals surface area (Å²) >= 11 is 0. The summed E-state index contributed by atoms with van der Waals surface area (Å²) in [6, 6.07) is 1.91. The first-order valence-corrected chi connectivity index (χ1v) is 8.86. The van der Waals surface area contributed by atoms with Crippen molar-refractivity contribution < 1.29 is 31.5 Å². The number of rotatable bonds is 6. The number of hydrogen-bond acceptors (Lipinski definition) is 8. The summed E-state index contributed by atoms with van der Waals surface area (Å²) in [6.45, 7) is 5.71. The normalized spacial score (nSPS) is 37.0.